The normalized spacial score (nSPS) is 11.0. The highest BCUT2D eigenvalue weighted by atomic mass is 35.5. The molecule has 0 aliphatic rings. The zero-order valence-corrected chi connectivity index (χ0v) is 12.6. The summed E-state index contributed by atoms with van der Waals surface area (Å²) in [6.45, 7) is 1.30. The molecule has 0 bridgehead atoms. The Morgan fingerprint density at radius 3 is 2.95 bits per heavy atom. The van der Waals surface area contributed by atoms with Crippen molar-refractivity contribution in [3.63, 3.8) is 0 Å². The molecule has 2 N–H and O–H groups in total. The lowest BCUT2D eigenvalue weighted by Gasteiger charge is -2.06. The Morgan fingerprint density at radius 1 is 1.29 bits per heavy atom. The van der Waals surface area contributed by atoms with E-state index < -0.39 is 5.82 Å². The lowest BCUT2D eigenvalue weighted by atomic mass is 10.2. The van der Waals surface area contributed by atoms with Crippen molar-refractivity contribution >= 4 is 22.9 Å². The number of halogens is 2. The van der Waals surface area contributed by atoms with E-state index in [1.54, 1.807) is 23.5 Å². The van der Waals surface area contributed by atoms with Gasteiger partial charge in [-0.1, -0.05) is 23.7 Å². The third kappa shape index (κ3) is 3.32. The lowest BCUT2D eigenvalue weighted by Crippen LogP contribution is -2.12. The monoisotopic (exact) mass is 321 g/mol. The van der Waals surface area contributed by atoms with E-state index in [1.165, 1.54) is 6.07 Å². The largest absolute Gasteiger partial charge is 0.308 e. The van der Waals surface area contributed by atoms with Crippen LogP contribution in [0.25, 0.3) is 10.6 Å². The number of thiophene rings is 1. The van der Waals surface area contributed by atoms with Gasteiger partial charge in [0.05, 0.1) is 21.8 Å². The van der Waals surface area contributed by atoms with Crippen molar-refractivity contribution in [3.8, 4) is 10.6 Å². The Labute approximate surface area is 130 Å². The van der Waals surface area contributed by atoms with Crippen molar-refractivity contribution in [2.75, 3.05) is 0 Å². The van der Waals surface area contributed by atoms with Gasteiger partial charge in [-0.05, 0) is 29.1 Å². The van der Waals surface area contributed by atoms with Crippen LogP contribution in [0.15, 0.2) is 41.9 Å². The maximum atomic E-state index is 13.1. The van der Waals surface area contributed by atoms with Crippen LogP contribution in [0.3, 0.4) is 0 Å². The van der Waals surface area contributed by atoms with E-state index in [9.17, 15) is 4.39 Å². The van der Waals surface area contributed by atoms with Crippen LogP contribution >= 0.6 is 22.9 Å². The minimum atomic E-state index is -0.393. The molecule has 0 amide bonds. The van der Waals surface area contributed by atoms with E-state index >= 15 is 0 Å². The fourth-order valence-electron chi connectivity index (χ4n) is 2.07. The van der Waals surface area contributed by atoms with Gasteiger partial charge in [-0.2, -0.15) is 5.10 Å². The van der Waals surface area contributed by atoms with E-state index in [2.05, 4.69) is 21.6 Å². The second kappa shape index (κ2) is 6.39. The van der Waals surface area contributed by atoms with Crippen LogP contribution < -0.4 is 5.32 Å². The van der Waals surface area contributed by atoms with Gasteiger partial charge in [0.1, 0.15) is 5.82 Å². The van der Waals surface area contributed by atoms with Crippen molar-refractivity contribution in [3.05, 3.63) is 63.9 Å². The molecule has 2 heterocycles. The molecule has 0 atom stereocenters. The molecule has 0 saturated carbocycles. The molecule has 0 unspecified atom stereocenters. The Hall–Kier alpha value is -1.69. The number of H-pyrrole nitrogens is 1. The topological polar surface area (TPSA) is 40.7 Å². The van der Waals surface area contributed by atoms with Gasteiger partial charge in [0, 0.05) is 18.7 Å². The first-order valence-corrected chi connectivity index (χ1v) is 7.70. The molecule has 3 nitrogen and oxygen atoms in total. The molecule has 21 heavy (non-hydrogen) atoms. The highest BCUT2D eigenvalue weighted by Crippen LogP contribution is 2.25. The molecule has 0 fully saturated rings. The molecule has 0 aliphatic heterocycles. The van der Waals surface area contributed by atoms with Gasteiger partial charge in [-0.3, -0.25) is 5.10 Å². The fraction of sp³-hybridized carbons (Fsp3) is 0.133. The standard InChI is InChI=1S/C15H13ClFN3S/c16-12-6-10(3-4-13(12)17)7-18-8-11-9-19-20-15(11)14-2-1-5-21-14/h1-6,9,18H,7-8H2,(H,19,20). The molecular weight excluding hydrogens is 309 g/mol. The van der Waals surface area contributed by atoms with Gasteiger partial charge < -0.3 is 5.32 Å². The predicted molar refractivity (Wildman–Crippen MR) is 83.9 cm³/mol. The number of benzene rings is 1. The van der Waals surface area contributed by atoms with Crippen molar-refractivity contribution in [1.82, 2.24) is 15.5 Å². The summed E-state index contributed by atoms with van der Waals surface area (Å²) >= 11 is 7.44. The van der Waals surface area contributed by atoms with Gasteiger partial charge >= 0.3 is 0 Å². The van der Waals surface area contributed by atoms with Gasteiger partial charge in [-0.25, -0.2) is 4.39 Å². The van der Waals surface area contributed by atoms with E-state index in [-0.39, 0.29) is 5.02 Å². The van der Waals surface area contributed by atoms with Gasteiger partial charge in [-0.15, -0.1) is 11.3 Å². The van der Waals surface area contributed by atoms with Crippen LogP contribution in [0.1, 0.15) is 11.1 Å². The summed E-state index contributed by atoms with van der Waals surface area (Å²) < 4.78 is 13.1. The average molecular weight is 322 g/mol. The third-order valence-corrected chi connectivity index (χ3v) is 4.29. The molecule has 0 radical (unpaired) electrons. The second-order valence-corrected chi connectivity index (χ2v) is 5.95. The number of rotatable bonds is 5. The summed E-state index contributed by atoms with van der Waals surface area (Å²) in [5.41, 5.74) is 3.09. The van der Waals surface area contributed by atoms with Crippen molar-refractivity contribution in [2.45, 2.75) is 13.1 Å². The number of aromatic nitrogens is 2. The SMILES string of the molecule is Fc1ccc(CNCc2cn[nH]c2-c2cccs2)cc1Cl. The Kier molecular flexibility index (Phi) is 4.34. The van der Waals surface area contributed by atoms with E-state index in [1.807, 2.05) is 17.6 Å². The van der Waals surface area contributed by atoms with Gasteiger partial charge in [0.15, 0.2) is 0 Å². The summed E-state index contributed by atoms with van der Waals surface area (Å²) in [5, 5.41) is 12.6. The zero-order valence-electron chi connectivity index (χ0n) is 11.1. The smallest absolute Gasteiger partial charge is 0.141 e. The van der Waals surface area contributed by atoms with Gasteiger partial charge in [0.25, 0.3) is 0 Å². The minimum absolute atomic E-state index is 0.150. The molecule has 3 aromatic rings. The third-order valence-electron chi connectivity index (χ3n) is 3.11. The highest BCUT2D eigenvalue weighted by Gasteiger charge is 2.08. The van der Waals surface area contributed by atoms with Crippen LogP contribution in [0, 0.1) is 5.82 Å². The number of aromatic amines is 1. The van der Waals surface area contributed by atoms with Crippen LogP contribution in [0.4, 0.5) is 4.39 Å². The Morgan fingerprint density at radius 2 is 2.19 bits per heavy atom. The summed E-state index contributed by atoms with van der Waals surface area (Å²) in [7, 11) is 0. The maximum absolute atomic E-state index is 13.1. The van der Waals surface area contributed by atoms with Crippen LogP contribution in [-0.2, 0) is 13.1 Å². The molecule has 0 saturated heterocycles. The molecule has 1 aromatic carbocycles. The van der Waals surface area contributed by atoms with Crippen LogP contribution in [0.5, 0.6) is 0 Å². The highest BCUT2D eigenvalue weighted by molar-refractivity contribution is 7.13. The minimum Gasteiger partial charge on any atom is -0.308 e. The molecule has 0 spiro atoms. The number of hydrogen-bond donors (Lipinski definition) is 2. The molecule has 2 aromatic heterocycles. The fourth-order valence-corrected chi connectivity index (χ4v) is 3.03. The quantitative estimate of drug-likeness (QED) is 0.738. The van der Waals surface area contributed by atoms with E-state index in [4.69, 9.17) is 11.6 Å². The van der Waals surface area contributed by atoms with Crippen LogP contribution in [-0.4, -0.2) is 10.2 Å². The van der Waals surface area contributed by atoms with Gasteiger partial charge in [0.2, 0.25) is 0 Å². The average Bonchev–Trinajstić information content (AvgIpc) is 3.13. The van der Waals surface area contributed by atoms with Crippen molar-refractivity contribution in [1.29, 1.82) is 0 Å². The summed E-state index contributed by atoms with van der Waals surface area (Å²) in [6.07, 6.45) is 1.82. The lowest BCUT2D eigenvalue weighted by molar-refractivity contribution is 0.625. The molecule has 0 aliphatic carbocycles. The van der Waals surface area contributed by atoms with Crippen molar-refractivity contribution < 1.29 is 4.39 Å². The van der Waals surface area contributed by atoms with Crippen LogP contribution in [0.2, 0.25) is 5.02 Å². The number of nitrogens with one attached hydrogen (secondary N) is 2. The second-order valence-electron chi connectivity index (χ2n) is 4.60. The van der Waals surface area contributed by atoms with E-state index in [0.717, 1.165) is 21.7 Å². The summed E-state index contributed by atoms with van der Waals surface area (Å²) in [4.78, 5) is 1.16. The van der Waals surface area contributed by atoms with E-state index in [0.29, 0.717) is 13.1 Å². The number of hydrogen-bond acceptors (Lipinski definition) is 3. The summed E-state index contributed by atoms with van der Waals surface area (Å²) in [5.74, 6) is -0.393. The molecule has 108 valence electrons. The first kappa shape index (κ1) is 14.3. The molecule has 3 rings (SSSR count). The first-order chi connectivity index (χ1) is 10.2. The summed E-state index contributed by atoms with van der Waals surface area (Å²) in [6, 6.07) is 8.82. The first-order valence-electron chi connectivity index (χ1n) is 6.45. The zero-order chi connectivity index (χ0) is 14.7. The molecule has 6 heteroatoms. The van der Waals surface area contributed by atoms with Crippen molar-refractivity contribution in [2.24, 2.45) is 0 Å². The predicted octanol–water partition coefficient (Wildman–Crippen LogP) is 4.22. The maximum Gasteiger partial charge on any atom is 0.141 e. The molecular formula is C15H13ClFN3S. The Bertz CT molecular complexity index is 724. The number of nitrogens with zero attached hydrogens (tertiary/aromatic N) is 1. The Balaban J connectivity index is 1.63.